The van der Waals surface area contributed by atoms with Crippen molar-refractivity contribution in [2.75, 3.05) is 13.2 Å². The summed E-state index contributed by atoms with van der Waals surface area (Å²) in [6.45, 7) is 1.35. The molecule has 1 aromatic carbocycles. The highest BCUT2D eigenvalue weighted by Gasteiger charge is 2.21. The van der Waals surface area contributed by atoms with Crippen molar-refractivity contribution in [3.63, 3.8) is 0 Å². The van der Waals surface area contributed by atoms with Crippen molar-refractivity contribution < 1.29 is 4.74 Å². The van der Waals surface area contributed by atoms with Crippen molar-refractivity contribution in [1.29, 1.82) is 0 Å². The van der Waals surface area contributed by atoms with Crippen molar-refractivity contribution in [3.05, 3.63) is 30.3 Å². The third-order valence-corrected chi connectivity index (χ3v) is 2.57. The molecule has 1 saturated carbocycles. The minimum absolute atomic E-state index is 0.607. The summed E-state index contributed by atoms with van der Waals surface area (Å²) in [5.74, 6) is 0.894. The van der Waals surface area contributed by atoms with Crippen LogP contribution in [0.3, 0.4) is 0 Å². The molecule has 16 heavy (non-hydrogen) atoms. The number of benzene rings is 1. The van der Waals surface area contributed by atoms with Crippen molar-refractivity contribution >= 4 is 17.3 Å². The third-order valence-electron chi connectivity index (χ3n) is 2.31. The summed E-state index contributed by atoms with van der Waals surface area (Å²) in [5, 5.41) is 7.07. The van der Waals surface area contributed by atoms with Crippen molar-refractivity contribution in [1.82, 2.24) is 10.6 Å². The Balaban J connectivity index is 1.56. The lowest BCUT2D eigenvalue weighted by molar-refractivity contribution is 0.322. The van der Waals surface area contributed by atoms with Gasteiger partial charge in [0.25, 0.3) is 0 Å². The smallest absolute Gasteiger partial charge is 0.166 e. The molecule has 86 valence electrons. The van der Waals surface area contributed by atoms with Crippen molar-refractivity contribution in [2.45, 2.75) is 18.9 Å². The van der Waals surface area contributed by atoms with E-state index in [2.05, 4.69) is 10.6 Å². The fourth-order valence-corrected chi connectivity index (χ4v) is 1.58. The van der Waals surface area contributed by atoms with E-state index < -0.39 is 0 Å². The van der Waals surface area contributed by atoms with Gasteiger partial charge < -0.3 is 15.4 Å². The van der Waals surface area contributed by atoms with Crippen LogP contribution in [0, 0.1) is 0 Å². The first-order chi connectivity index (χ1) is 7.84. The molecule has 0 radical (unpaired) electrons. The summed E-state index contributed by atoms with van der Waals surface area (Å²) in [4.78, 5) is 0. The number of ether oxygens (including phenoxy) is 1. The molecule has 1 aliphatic carbocycles. The molecule has 4 heteroatoms. The Morgan fingerprint density at radius 3 is 2.75 bits per heavy atom. The average Bonchev–Trinajstić information content (AvgIpc) is 3.10. The number of para-hydroxylation sites is 1. The second kappa shape index (κ2) is 5.70. The molecule has 0 spiro atoms. The summed E-state index contributed by atoms with van der Waals surface area (Å²) in [6.07, 6.45) is 2.48. The lowest BCUT2D eigenvalue weighted by Gasteiger charge is -2.10. The molecule has 0 saturated heterocycles. The van der Waals surface area contributed by atoms with Crippen molar-refractivity contribution in [3.8, 4) is 5.75 Å². The number of hydrogen-bond acceptors (Lipinski definition) is 2. The van der Waals surface area contributed by atoms with Crippen LogP contribution < -0.4 is 15.4 Å². The maximum Gasteiger partial charge on any atom is 0.166 e. The molecular weight excluding hydrogens is 220 g/mol. The highest BCUT2D eigenvalue weighted by Crippen LogP contribution is 2.18. The Hall–Kier alpha value is -1.29. The quantitative estimate of drug-likeness (QED) is 0.602. The Morgan fingerprint density at radius 2 is 2.06 bits per heavy atom. The molecule has 1 fully saturated rings. The molecular formula is C12H16N2OS. The average molecular weight is 236 g/mol. The Labute approximate surface area is 101 Å². The van der Waals surface area contributed by atoms with Gasteiger partial charge in [-0.2, -0.15) is 0 Å². The second-order valence-corrected chi connectivity index (χ2v) is 4.24. The topological polar surface area (TPSA) is 33.3 Å². The van der Waals surface area contributed by atoms with Crippen molar-refractivity contribution in [2.24, 2.45) is 0 Å². The fourth-order valence-electron chi connectivity index (χ4n) is 1.31. The van der Waals surface area contributed by atoms with E-state index in [0.29, 0.717) is 12.6 Å². The molecule has 2 rings (SSSR count). The van der Waals surface area contributed by atoms with Gasteiger partial charge in [-0.15, -0.1) is 0 Å². The zero-order chi connectivity index (χ0) is 11.2. The van der Waals surface area contributed by atoms with Crippen LogP contribution in [0.15, 0.2) is 30.3 Å². The normalized spacial score (nSPS) is 14.2. The first kappa shape index (κ1) is 11.2. The Kier molecular flexibility index (Phi) is 3.99. The second-order valence-electron chi connectivity index (χ2n) is 3.84. The van der Waals surface area contributed by atoms with Crippen LogP contribution in [-0.4, -0.2) is 24.3 Å². The molecule has 0 unspecified atom stereocenters. The molecule has 2 N–H and O–H groups in total. The van der Waals surface area contributed by atoms with Gasteiger partial charge in [0.15, 0.2) is 5.11 Å². The van der Waals surface area contributed by atoms with Gasteiger partial charge in [-0.3, -0.25) is 0 Å². The summed E-state index contributed by atoms with van der Waals surface area (Å²) in [5.41, 5.74) is 0. The molecule has 0 aliphatic heterocycles. The number of hydrogen-bond donors (Lipinski definition) is 2. The van der Waals surface area contributed by atoms with Gasteiger partial charge in [0, 0.05) is 6.04 Å². The number of rotatable bonds is 5. The van der Waals surface area contributed by atoms with Crippen LogP contribution in [0.25, 0.3) is 0 Å². The van der Waals surface area contributed by atoms with Crippen LogP contribution in [0.1, 0.15) is 12.8 Å². The molecule has 3 nitrogen and oxygen atoms in total. The molecule has 0 aromatic heterocycles. The Bertz CT molecular complexity index is 338. The van der Waals surface area contributed by atoms with Gasteiger partial charge in [0.2, 0.25) is 0 Å². The largest absolute Gasteiger partial charge is 0.492 e. The maximum absolute atomic E-state index is 5.53. The monoisotopic (exact) mass is 236 g/mol. The summed E-state index contributed by atoms with van der Waals surface area (Å²) >= 11 is 5.12. The van der Waals surface area contributed by atoms with Crippen LogP contribution in [0.5, 0.6) is 5.75 Å². The minimum atomic E-state index is 0.607. The molecule has 0 atom stereocenters. The van der Waals surface area contributed by atoms with E-state index in [1.54, 1.807) is 0 Å². The highest BCUT2D eigenvalue weighted by molar-refractivity contribution is 7.80. The van der Waals surface area contributed by atoms with E-state index in [-0.39, 0.29) is 0 Å². The van der Waals surface area contributed by atoms with Crippen LogP contribution in [0.2, 0.25) is 0 Å². The van der Waals surface area contributed by atoms with Gasteiger partial charge in [0.05, 0.1) is 6.54 Å². The molecule has 0 heterocycles. The first-order valence-electron chi connectivity index (χ1n) is 5.57. The standard InChI is InChI=1S/C12H16N2OS/c16-12(14-10-6-7-10)13-8-9-15-11-4-2-1-3-5-11/h1-5,10H,6-9H2,(H2,13,14,16). The van der Waals surface area contributed by atoms with Gasteiger partial charge >= 0.3 is 0 Å². The summed E-state index contributed by atoms with van der Waals surface area (Å²) in [7, 11) is 0. The third kappa shape index (κ3) is 4.06. The Morgan fingerprint density at radius 1 is 1.31 bits per heavy atom. The molecule has 0 amide bonds. The molecule has 0 bridgehead atoms. The molecule has 1 aliphatic rings. The SMILES string of the molecule is S=C(NCCOc1ccccc1)NC1CC1. The number of nitrogens with one attached hydrogen (secondary N) is 2. The van der Waals surface area contributed by atoms with Crippen LogP contribution >= 0.6 is 12.2 Å². The summed E-state index contributed by atoms with van der Waals surface area (Å²) < 4.78 is 5.53. The predicted molar refractivity (Wildman–Crippen MR) is 68.7 cm³/mol. The highest BCUT2D eigenvalue weighted by atomic mass is 32.1. The first-order valence-corrected chi connectivity index (χ1v) is 5.97. The number of thiocarbonyl (C=S) groups is 1. The van der Waals surface area contributed by atoms with Gasteiger partial charge in [-0.1, -0.05) is 18.2 Å². The summed E-state index contributed by atoms with van der Waals surface area (Å²) in [6, 6.07) is 10.4. The zero-order valence-corrected chi connectivity index (χ0v) is 9.93. The van der Waals surface area contributed by atoms with Gasteiger partial charge in [-0.05, 0) is 37.2 Å². The van der Waals surface area contributed by atoms with E-state index in [1.807, 2.05) is 30.3 Å². The lowest BCUT2D eigenvalue weighted by Crippen LogP contribution is -2.38. The van der Waals surface area contributed by atoms with E-state index in [4.69, 9.17) is 17.0 Å². The fraction of sp³-hybridized carbons (Fsp3) is 0.417. The molecule has 1 aromatic rings. The minimum Gasteiger partial charge on any atom is -0.492 e. The van der Waals surface area contributed by atoms with E-state index >= 15 is 0 Å². The van der Waals surface area contributed by atoms with E-state index in [1.165, 1.54) is 12.8 Å². The van der Waals surface area contributed by atoms with Crippen LogP contribution in [-0.2, 0) is 0 Å². The predicted octanol–water partition coefficient (Wildman–Crippen LogP) is 1.69. The van der Waals surface area contributed by atoms with Crippen LogP contribution in [0.4, 0.5) is 0 Å². The van der Waals surface area contributed by atoms with E-state index in [0.717, 1.165) is 17.4 Å². The lowest BCUT2D eigenvalue weighted by atomic mass is 10.3. The van der Waals surface area contributed by atoms with Gasteiger partial charge in [-0.25, -0.2) is 0 Å². The maximum atomic E-state index is 5.53. The zero-order valence-electron chi connectivity index (χ0n) is 9.11. The van der Waals surface area contributed by atoms with Gasteiger partial charge in [0.1, 0.15) is 12.4 Å². The van der Waals surface area contributed by atoms with E-state index in [9.17, 15) is 0 Å².